The van der Waals surface area contributed by atoms with Crippen LogP contribution in [0.1, 0.15) is 31.9 Å². The molecule has 1 rings (SSSR count). The van der Waals surface area contributed by atoms with E-state index in [1.165, 1.54) is 0 Å². The third kappa shape index (κ3) is 3.97. The maximum absolute atomic E-state index is 5.55. The first-order valence-electron chi connectivity index (χ1n) is 5.33. The van der Waals surface area contributed by atoms with E-state index in [1.807, 2.05) is 6.07 Å². The van der Waals surface area contributed by atoms with Crippen LogP contribution in [0.4, 0.5) is 0 Å². The van der Waals surface area contributed by atoms with E-state index in [0.29, 0.717) is 6.61 Å². The molecule has 0 amide bonds. The zero-order chi connectivity index (χ0) is 11.1. The number of likely N-dealkylation sites (N-methyl/N-ethyl adjacent to an activating group) is 1. The van der Waals surface area contributed by atoms with Crippen molar-refractivity contribution in [1.29, 1.82) is 0 Å². The van der Waals surface area contributed by atoms with E-state index in [0.717, 1.165) is 29.8 Å². The lowest BCUT2D eigenvalue weighted by molar-refractivity contribution is 0.112. The van der Waals surface area contributed by atoms with Gasteiger partial charge in [0.15, 0.2) is 4.67 Å². The molecule has 1 aromatic heterocycles. The first-order valence-corrected chi connectivity index (χ1v) is 6.12. The Morgan fingerprint density at radius 1 is 1.53 bits per heavy atom. The predicted octanol–water partition coefficient (Wildman–Crippen LogP) is 3.12. The maximum atomic E-state index is 5.55. The Labute approximate surface area is 99.3 Å². The van der Waals surface area contributed by atoms with E-state index < -0.39 is 0 Å². The molecule has 0 spiro atoms. The highest BCUT2D eigenvalue weighted by atomic mass is 79.9. The summed E-state index contributed by atoms with van der Waals surface area (Å²) in [6.07, 6.45) is 2.73. The molecule has 4 heteroatoms. The molecule has 1 N–H and O–H groups in total. The second kappa shape index (κ2) is 7.04. The van der Waals surface area contributed by atoms with E-state index >= 15 is 0 Å². The largest absolute Gasteiger partial charge is 0.457 e. The third-order valence-electron chi connectivity index (χ3n) is 2.10. The Kier molecular flexibility index (Phi) is 5.98. The molecular formula is C11H18BrNO2. The minimum atomic E-state index is 0.203. The van der Waals surface area contributed by atoms with Gasteiger partial charge in [0.2, 0.25) is 0 Å². The van der Waals surface area contributed by atoms with Crippen molar-refractivity contribution < 1.29 is 9.15 Å². The van der Waals surface area contributed by atoms with Crippen LogP contribution in [-0.2, 0) is 4.74 Å². The zero-order valence-electron chi connectivity index (χ0n) is 9.25. The first kappa shape index (κ1) is 12.7. The lowest BCUT2D eigenvalue weighted by atomic mass is 10.1. The van der Waals surface area contributed by atoms with Crippen LogP contribution in [0.25, 0.3) is 0 Å². The summed E-state index contributed by atoms with van der Waals surface area (Å²) in [7, 11) is 0. The molecule has 1 unspecified atom stereocenters. The topological polar surface area (TPSA) is 34.4 Å². The minimum Gasteiger partial charge on any atom is -0.457 e. The molecule has 0 saturated carbocycles. The molecule has 15 heavy (non-hydrogen) atoms. The average Bonchev–Trinajstić information content (AvgIpc) is 2.64. The van der Waals surface area contributed by atoms with Crippen molar-refractivity contribution in [2.24, 2.45) is 0 Å². The van der Waals surface area contributed by atoms with Crippen molar-refractivity contribution in [2.45, 2.75) is 26.3 Å². The highest BCUT2D eigenvalue weighted by molar-refractivity contribution is 9.10. The number of hydrogen-bond acceptors (Lipinski definition) is 3. The van der Waals surface area contributed by atoms with Crippen LogP contribution in [0.5, 0.6) is 0 Å². The van der Waals surface area contributed by atoms with Crippen LogP contribution in [-0.4, -0.2) is 19.8 Å². The van der Waals surface area contributed by atoms with Gasteiger partial charge in [0.05, 0.1) is 18.9 Å². The average molecular weight is 276 g/mol. The lowest BCUT2D eigenvalue weighted by Gasteiger charge is -2.16. The molecule has 1 atom stereocenters. The van der Waals surface area contributed by atoms with E-state index in [4.69, 9.17) is 9.15 Å². The van der Waals surface area contributed by atoms with Crippen LogP contribution >= 0.6 is 15.9 Å². The number of rotatable bonds is 7. The third-order valence-corrected chi connectivity index (χ3v) is 2.75. The van der Waals surface area contributed by atoms with Gasteiger partial charge >= 0.3 is 0 Å². The molecule has 0 aliphatic carbocycles. The maximum Gasteiger partial charge on any atom is 0.173 e. The number of furan rings is 1. The number of halogens is 1. The van der Waals surface area contributed by atoms with E-state index in [2.05, 4.69) is 35.1 Å². The van der Waals surface area contributed by atoms with Gasteiger partial charge in [-0.05, 0) is 35.0 Å². The molecule has 0 aromatic carbocycles. The highest BCUT2D eigenvalue weighted by Gasteiger charge is 2.15. The van der Waals surface area contributed by atoms with Gasteiger partial charge in [-0.2, -0.15) is 0 Å². The van der Waals surface area contributed by atoms with Crippen molar-refractivity contribution in [3.8, 4) is 0 Å². The fraction of sp³-hybridized carbons (Fsp3) is 0.636. The van der Waals surface area contributed by atoms with Crippen molar-refractivity contribution in [1.82, 2.24) is 5.32 Å². The summed E-state index contributed by atoms with van der Waals surface area (Å²) < 4.78 is 11.6. The molecule has 0 radical (unpaired) electrons. The molecule has 0 bridgehead atoms. The van der Waals surface area contributed by atoms with Gasteiger partial charge in [0, 0.05) is 12.2 Å². The first-order chi connectivity index (χ1) is 7.29. The van der Waals surface area contributed by atoms with Crippen LogP contribution in [0.3, 0.4) is 0 Å². The van der Waals surface area contributed by atoms with Gasteiger partial charge in [-0.15, -0.1) is 0 Å². The predicted molar refractivity (Wildman–Crippen MR) is 63.9 cm³/mol. The second-order valence-electron chi connectivity index (χ2n) is 3.33. The second-order valence-corrected chi connectivity index (χ2v) is 4.06. The van der Waals surface area contributed by atoms with Crippen molar-refractivity contribution in [3.63, 3.8) is 0 Å². The summed E-state index contributed by atoms with van der Waals surface area (Å²) in [5, 5.41) is 3.37. The Hall–Kier alpha value is -0.320. The molecule has 1 aromatic rings. The van der Waals surface area contributed by atoms with Gasteiger partial charge < -0.3 is 14.5 Å². The Balaban J connectivity index is 2.53. The van der Waals surface area contributed by atoms with Crippen LogP contribution in [0, 0.1) is 0 Å². The SMILES string of the molecule is CCCOCC(NCC)c1ccoc1Br. The van der Waals surface area contributed by atoms with Crippen molar-refractivity contribution in [3.05, 3.63) is 22.6 Å². The smallest absolute Gasteiger partial charge is 0.173 e. The molecule has 0 aliphatic heterocycles. The van der Waals surface area contributed by atoms with E-state index in [9.17, 15) is 0 Å². The summed E-state index contributed by atoms with van der Waals surface area (Å²) in [5.74, 6) is 0. The molecular weight excluding hydrogens is 258 g/mol. The quantitative estimate of drug-likeness (QED) is 0.777. The van der Waals surface area contributed by atoms with Gasteiger partial charge in [-0.25, -0.2) is 0 Å². The highest BCUT2D eigenvalue weighted by Crippen LogP contribution is 2.24. The van der Waals surface area contributed by atoms with E-state index in [-0.39, 0.29) is 6.04 Å². The summed E-state index contributed by atoms with van der Waals surface area (Å²) in [4.78, 5) is 0. The van der Waals surface area contributed by atoms with Gasteiger partial charge in [0.25, 0.3) is 0 Å². The van der Waals surface area contributed by atoms with Gasteiger partial charge in [-0.3, -0.25) is 0 Å². The monoisotopic (exact) mass is 275 g/mol. The van der Waals surface area contributed by atoms with Crippen LogP contribution in [0.15, 0.2) is 21.4 Å². The molecule has 3 nitrogen and oxygen atoms in total. The molecule has 1 heterocycles. The Morgan fingerprint density at radius 2 is 2.33 bits per heavy atom. The van der Waals surface area contributed by atoms with Crippen molar-refractivity contribution >= 4 is 15.9 Å². The Bertz CT molecular complexity index is 275. The van der Waals surface area contributed by atoms with Crippen LogP contribution in [0.2, 0.25) is 0 Å². The Morgan fingerprint density at radius 3 is 2.87 bits per heavy atom. The van der Waals surface area contributed by atoms with Gasteiger partial charge in [-0.1, -0.05) is 13.8 Å². The number of ether oxygens (including phenoxy) is 1. The standard InChI is InChI=1S/C11H18BrNO2/c1-3-6-14-8-10(13-4-2)9-5-7-15-11(9)12/h5,7,10,13H,3-4,6,8H2,1-2H3. The molecule has 86 valence electrons. The summed E-state index contributed by atoms with van der Waals surface area (Å²) in [6.45, 7) is 6.59. The van der Waals surface area contributed by atoms with Crippen LogP contribution < -0.4 is 5.32 Å². The fourth-order valence-corrected chi connectivity index (χ4v) is 1.92. The van der Waals surface area contributed by atoms with E-state index in [1.54, 1.807) is 6.26 Å². The van der Waals surface area contributed by atoms with Crippen molar-refractivity contribution in [2.75, 3.05) is 19.8 Å². The summed E-state index contributed by atoms with van der Waals surface area (Å²) in [5.41, 5.74) is 1.12. The zero-order valence-corrected chi connectivity index (χ0v) is 10.8. The fourth-order valence-electron chi connectivity index (χ4n) is 1.40. The molecule has 0 fully saturated rings. The number of nitrogens with one attached hydrogen (secondary N) is 1. The number of hydrogen-bond donors (Lipinski definition) is 1. The lowest BCUT2D eigenvalue weighted by Crippen LogP contribution is -2.25. The van der Waals surface area contributed by atoms with Gasteiger partial charge in [0.1, 0.15) is 0 Å². The normalized spacial score (nSPS) is 13.0. The molecule has 0 saturated heterocycles. The minimum absolute atomic E-state index is 0.203. The summed E-state index contributed by atoms with van der Waals surface area (Å²) in [6, 6.07) is 2.17. The molecule has 0 aliphatic rings. The summed E-state index contributed by atoms with van der Waals surface area (Å²) >= 11 is 3.38.